The lowest BCUT2D eigenvalue weighted by Crippen LogP contribution is -2.43. The summed E-state index contributed by atoms with van der Waals surface area (Å²) in [6.45, 7) is 11.9. The maximum absolute atomic E-state index is 4.65. The lowest BCUT2D eigenvalue weighted by molar-refractivity contribution is 0.485. The van der Waals surface area contributed by atoms with Crippen LogP contribution < -0.4 is 10.6 Å². The van der Waals surface area contributed by atoms with Gasteiger partial charge in [-0.05, 0) is 26.7 Å². The maximum Gasteiger partial charge on any atom is 0.135 e. The first-order valence-corrected chi connectivity index (χ1v) is 7.56. The molecule has 0 amide bonds. The largest absolute Gasteiger partial charge is 0.370 e. The molecule has 0 aliphatic carbocycles. The summed E-state index contributed by atoms with van der Waals surface area (Å²) in [4.78, 5) is 9.02. The van der Waals surface area contributed by atoms with E-state index in [0.29, 0.717) is 0 Å². The molecule has 0 saturated heterocycles. The maximum atomic E-state index is 4.65. The molecule has 0 aromatic heterocycles. The summed E-state index contributed by atoms with van der Waals surface area (Å²) in [5, 5.41) is 16.0. The number of hydrogen-bond donors (Lipinski definition) is 2. The van der Waals surface area contributed by atoms with E-state index in [1.54, 1.807) is 0 Å². The molecule has 2 N–H and O–H groups in total. The van der Waals surface area contributed by atoms with E-state index in [9.17, 15) is 0 Å². The predicted molar refractivity (Wildman–Crippen MR) is 82.9 cm³/mol. The third-order valence-electron chi connectivity index (χ3n) is 4.24. The van der Waals surface area contributed by atoms with Gasteiger partial charge in [-0.15, -0.1) is 0 Å². The molecule has 2 rings (SSSR count). The van der Waals surface area contributed by atoms with Gasteiger partial charge in [0.15, 0.2) is 0 Å². The molecule has 2 aliphatic rings. The van der Waals surface area contributed by atoms with Gasteiger partial charge in [0, 0.05) is 13.1 Å². The molecule has 6 heteroatoms. The minimum Gasteiger partial charge on any atom is -0.370 e. The van der Waals surface area contributed by atoms with Gasteiger partial charge >= 0.3 is 0 Å². The van der Waals surface area contributed by atoms with Gasteiger partial charge in [0.1, 0.15) is 22.7 Å². The van der Waals surface area contributed by atoms with E-state index in [2.05, 4.69) is 58.5 Å². The number of amidine groups is 2. The minimum atomic E-state index is -0.355. The van der Waals surface area contributed by atoms with Crippen LogP contribution in [0, 0.1) is 0 Å². The normalized spacial score (nSPS) is 24.6. The van der Waals surface area contributed by atoms with Crippen molar-refractivity contribution in [3.63, 3.8) is 0 Å². The molecule has 0 spiro atoms. The molecule has 2 aliphatic heterocycles. The third kappa shape index (κ3) is 2.83. The summed E-state index contributed by atoms with van der Waals surface area (Å²) in [5.41, 5.74) is -0.710. The third-order valence-corrected chi connectivity index (χ3v) is 4.24. The van der Waals surface area contributed by atoms with E-state index in [1.807, 2.05) is 0 Å². The number of hydrogen-bond acceptors (Lipinski definition) is 6. The molecule has 20 heavy (non-hydrogen) atoms. The van der Waals surface area contributed by atoms with Gasteiger partial charge in [-0.2, -0.15) is 10.2 Å². The van der Waals surface area contributed by atoms with Gasteiger partial charge in [-0.1, -0.05) is 13.8 Å². The Kier molecular flexibility index (Phi) is 4.40. The van der Waals surface area contributed by atoms with E-state index >= 15 is 0 Å². The van der Waals surface area contributed by atoms with Crippen LogP contribution in [0.1, 0.15) is 40.5 Å². The zero-order chi connectivity index (χ0) is 14.6. The topological polar surface area (TPSA) is 73.5 Å². The van der Waals surface area contributed by atoms with Crippen LogP contribution in [0.5, 0.6) is 0 Å². The van der Waals surface area contributed by atoms with Crippen LogP contribution in [-0.2, 0) is 0 Å². The second kappa shape index (κ2) is 5.89. The van der Waals surface area contributed by atoms with Crippen molar-refractivity contribution in [1.29, 1.82) is 0 Å². The average Bonchev–Trinajstić information content (AvgIpc) is 3.16. The Hall–Kier alpha value is -1.46. The van der Waals surface area contributed by atoms with Crippen molar-refractivity contribution in [3.05, 3.63) is 0 Å². The van der Waals surface area contributed by atoms with Gasteiger partial charge in [0.2, 0.25) is 0 Å². The second-order valence-electron chi connectivity index (χ2n) is 5.77. The second-order valence-corrected chi connectivity index (χ2v) is 5.77. The zero-order valence-corrected chi connectivity index (χ0v) is 13.0. The molecule has 0 bridgehead atoms. The lowest BCUT2D eigenvalue weighted by atomic mass is 9.97. The summed E-state index contributed by atoms with van der Waals surface area (Å²) in [6.07, 6.45) is 1.75. The zero-order valence-electron chi connectivity index (χ0n) is 13.0. The van der Waals surface area contributed by atoms with Crippen LogP contribution in [-0.4, -0.2) is 48.9 Å². The van der Waals surface area contributed by atoms with Crippen LogP contribution in [0.15, 0.2) is 20.2 Å². The van der Waals surface area contributed by atoms with Crippen molar-refractivity contribution < 1.29 is 0 Å². The molecule has 2 unspecified atom stereocenters. The predicted octanol–water partition coefficient (Wildman–Crippen LogP) is 1.78. The Bertz CT molecular complexity index is 401. The highest BCUT2D eigenvalue weighted by molar-refractivity contribution is 5.93. The highest BCUT2D eigenvalue weighted by atomic mass is 15.3. The molecule has 6 nitrogen and oxygen atoms in total. The van der Waals surface area contributed by atoms with Crippen LogP contribution >= 0.6 is 0 Å². The van der Waals surface area contributed by atoms with E-state index in [1.165, 1.54) is 0 Å². The van der Waals surface area contributed by atoms with Gasteiger partial charge in [-0.25, -0.2) is 0 Å². The molecular formula is C14H26N6. The van der Waals surface area contributed by atoms with Crippen LogP contribution in [0.3, 0.4) is 0 Å². The Morgan fingerprint density at radius 2 is 1.30 bits per heavy atom. The molecule has 112 valence electrons. The van der Waals surface area contributed by atoms with Crippen molar-refractivity contribution in [3.8, 4) is 0 Å². The molecule has 0 radical (unpaired) electrons. The first-order valence-electron chi connectivity index (χ1n) is 7.56. The van der Waals surface area contributed by atoms with Gasteiger partial charge < -0.3 is 10.6 Å². The van der Waals surface area contributed by atoms with E-state index < -0.39 is 0 Å². The average molecular weight is 278 g/mol. The minimum absolute atomic E-state index is 0.355. The standard InChI is InChI=1S/C14H26N6/c1-5-13(3,11-15-7-8-16-11)19-20-14(4,6-2)12-17-9-10-18-12/h5-10H2,1-4H3,(H,15,16)(H,17,18). The SMILES string of the molecule is CCC(C)(N=NC(C)(CC)C1=NCCN1)C1=NCCN1. The molecule has 2 heterocycles. The van der Waals surface area contributed by atoms with Crippen molar-refractivity contribution in [1.82, 2.24) is 10.6 Å². The van der Waals surface area contributed by atoms with Crippen molar-refractivity contribution in [2.75, 3.05) is 26.2 Å². The van der Waals surface area contributed by atoms with Gasteiger partial charge in [0.25, 0.3) is 0 Å². The van der Waals surface area contributed by atoms with E-state index in [-0.39, 0.29) is 11.1 Å². The highest BCUT2D eigenvalue weighted by Gasteiger charge is 2.35. The summed E-state index contributed by atoms with van der Waals surface area (Å²) in [6, 6.07) is 0. The van der Waals surface area contributed by atoms with Crippen LogP contribution in [0.25, 0.3) is 0 Å². The van der Waals surface area contributed by atoms with Crippen molar-refractivity contribution in [2.45, 2.75) is 51.6 Å². The number of aliphatic imine (C=N–C) groups is 2. The monoisotopic (exact) mass is 278 g/mol. The summed E-state index contributed by atoms with van der Waals surface area (Å²) >= 11 is 0. The molecule has 0 aromatic carbocycles. The van der Waals surface area contributed by atoms with Crippen LogP contribution in [0.4, 0.5) is 0 Å². The number of azo groups is 1. The number of rotatable bonds is 6. The quantitative estimate of drug-likeness (QED) is 0.727. The number of nitrogens with zero attached hydrogens (tertiary/aromatic N) is 4. The first-order chi connectivity index (χ1) is 9.54. The highest BCUT2D eigenvalue weighted by Crippen LogP contribution is 2.24. The van der Waals surface area contributed by atoms with E-state index in [0.717, 1.165) is 50.7 Å². The summed E-state index contributed by atoms with van der Waals surface area (Å²) < 4.78 is 0. The fraction of sp³-hybridized carbons (Fsp3) is 0.857. The molecule has 0 fully saturated rings. The molecule has 0 aromatic rings. The van der Waals surface area contributed by atoms with Gasteiger partial charge in [-0.3, -0.25) is 9.98 Å². The van der Waals surface area contributed by atoms with Crippen molar-refractivity contribution >= 4 is 11.7 Å². The van der Waals surface area contributed by atoms with Crippen LogP contribution in [0.2, 0.25) is 0 Å². The fourth-order valence-corrected chi connectivity index (χ4v) is 2.31. The summed E-state index contributed by atoms with van der Waals surface area (Å²) in [7, 11) is 0. The first kappa shape index (κ1) is 14.9. The van der Waals surface area contributed by atoms with E-state index in [4.69, 9.17) is 0 Å². The Morgan fingerprint density at radius 1 is 0.900 bits per heavy atom. The summed E-state index contributed by atoms with van der Waals surface area (Å²) in [5.74, 6) is 1.92. The Morgan fingerprint density at radius 3 is 1.55 bits per heavy atom. The molecular weight excluding hydrogens is 252 g/mol. The Balaban J connectivity index is 2.20. The fourth-order valence-electron chi connectivity index (χ4n) is 2.31. The van der Waals surface area contributed by atoms with Gasteiger partial charge in [0.05, 0.1) is 13.1 Å². The molecule has 0 saturated carbocycles. The van der Waals surface area contributed by atoms with Crippen molar-refractivity contribution in [2.24, 2.45) is 20.2 Å². The lowest BCUT2D eigenvalue weighted by Gasteiger charge is -2.27. The Labute approximate surface area is 121 Å². The molecule has 2 atom stereocenters. The smallest absolute Gasteiger partial charge is 0.135 e. The number of nitrogens with one attached hydrogen (secondary N) is 2.